The Morgan fingerprint density at radius 2 is 1.73 bits per heavy atom. The fraction of sp³-hybridized carbons (Fsp3) is 0. The molecule has 0 amide bonds. The molecule has 1 aromatic rings. The summed E-state index contributed by atoms with van der Waals surface area (Å²) in [5.41, 5.74) is 0. The van der Waals surface area contributed by atoms with Gasteiger partial charge in [0.25, 0.3) is 0 Å². The minimum absolute atomic E-state index is 0.567. The zero-order valence-corrected chi connectivity index (χ0v) is 7.26. The summed E-state index contributed by atoms with van der Waals surface area (Å²) >= 11 is 0.567. The number of hydrogen-bond acceptors (Lipinski definition) is 2. The van der Waals surface area contributed by atoms with Crippen LogP contribution < -0.4 is 0 Å². The van der Waals surface area contributed by atoms with Crippen molar-refractivity contribution in [3.63, 3.8) is 0 Å². The normalized spacial score (nSPS) is 11.5. The zero-order valence-electron chi connectivity index (χ0n) is 5.54. The fourth-order valence-corrected chi connectivity index (χ4v) is 2.36. The van der Waals surface area contributed by atoms with Crippen LogP contribution in [0.25, 0.3) is 0 Å². The molecule has 0 spiro atoms. The van der Waals surface area contributed by atoms with Crippen LogP contribution in [0.4, 0.5) is 0 Å². The van der Waals surface area contributed by atoms with Crippen LogP contribution in [0.1, 0.15) is 0 Å². The molecular weight excluding hydrogens is 183 g/mol. The van der Waals surface area contributed by atoms with Crippen LogP contribution >= 0.6 is 18.2 Å². The maximum Gasteiger partial charge on any atom is 0.388 e. The van der Waals surface area contributed by atoms with Crippen molar-refractivity contribution < 1.29 is 14.4 Å². The lowest BCUT2D eigenvalue weighted by atomic mass is 10.4. The van der Waals surface area contributed by atoms with Gasteiger partial charge in [-0.1, -0.05) is 18.2 Å². The maximum absolute atomic E-state index is 10.5. The Hall–Kier alpha value is -0.280. The van der Waals surface area contributed by atoms with Crippen molar-refractivity contribution in [2.75, 3.05) is 0 Å². The lowest BCUT2D eigenvalue weighted by molar-refractivity contribution is 0.397. The quantitative estimate of drug-likeness (QED) is 0.699. The lowest BCUT2D eigenvalue weighted by Gasteiger charge is -2.00. The van der Waals surface area contributed by atoms with Crippen molar-refractivity contribution in [3.05, 3.63) is 30.3 Å². The van der Waals surface area contributed by atoms with Gasteiger partial charge in [0.05, 0.1) is 0 Å². The summed E-state index contributed by atoms with van der Waals surface area (Å²) in [7, 11) is 0. The first-order valence-electron chi connectivity index (χ1n) is 2.88. The lowest BCUT2D eigenvalue weighted by Crippen LogP contribution is -1.70. The molecule has 5 heteroatoms. The van der Waals surface area contributed by atoms with E-state index in [9.17, 15) is 4.57 Å². The van der Waals surface area contributed by atoms with Crippen LogP contribution in [0.2, 0.25) is 0 Å². The second-order valence-corrected chi connectivity index (χ2v) is 5.50. The standard InChI is InChI=1S/C6H7O3PS/c7-10(8,9)11-6-4-2-1-3-5-6/h1-5H,(H2,7,8,9). The third-order valence-corrected chi connectivity index (χ3v) is 3.03. The van der Waals surface area contributed by atoms with Gasteiger partial charge < -0.3 is 9.79 Å². The van der Waals surface area contributed by atoms with Gasteiger partial charge in [-0.25, -0.2) is 4.57 Å². The average molecular weight is 190 g/mol. The third kappa shape index (κ3) is 3.58. The molecule has 0 heterocycles. The summed E-state index contributed by atoms with van der Waals surface area (Å²) in [6.07, 6.45) is 0. The highest BCUT2D eigenvalue weighted by Crippen LogP contribution is 2.54. The second kappa shape index (κ2) is 3.41. The monoisotopic (exact) mass is 190 g/mol. The van der Waals surface area contributed by atoms with E-state index in [0.717, 1.165) is 0 Å². The van der Waals surface area contributed by atoms with Gasteiger partial charge in [-0.2, -0.15) is 0 Å². The molecule has 1 aromatic carbocycles. The molecule has 2 N–H and O–H groups in total. The van der Waals surface area contributed by atoms with Crippen molar-refractivity contribution >= 4 is 18.2 Å². The third-order valence-electron chi connectivity index (χ3n) is 0.968. The minimum atomic E-state index is -3.97. The predicted octanol–water partition coefficient (Wildman–Crippen LogP) is 1.87. The van der Waals surface area contributed by atoms with Gasteiger partial charge in [-0.05, 0) is 23.5 Å². The van der Waals surface area contributed by atoms with Gasteiger partial charge in [-0.15, -0.1) is 0 Å². The minimum Gasteiger partial charge on any atom is -0.316 e. The highest BCUT2D eigenvalue weighted by Gasteiger charge is 2.14. The molecule has 11 heavy (non-hydrogen) atoms. The summed E-state index contributed by atoms with van der Waals surface area (Å²) in [6, 6.07) is 8.58. The van der Waals surface area contributed by atoms with Crippen molar-refractivity contribution in [1.29, 1.82) is 0 Å². The van der Waals surface area contributed by atoms with Crippen LogP contribution in [-0.4, -0.2) is 9.79 Å². The highest BCUT2D eigenvalue weighted by molar-refractivity contribution is 8.54. The fourth-order valence-electron chi connectivity index (χ4n) is 0.619. The molecule has 0 fully saturated rings. The molecule has 0 aliphatic heterocycles. The van der Waals surface area contributed by atoms with Crippen LogP contribution in [0.15, 0.2) is 35.2 Å². The average Bonchev–Trinajstić information content (AvgIpc) is 1.85. The molecule has 0 saturated carbocycles. The van der Waals surface area contributed by atoms with Crippen molar-refractivity contribution in [1.82, 2.24) is 0 Å². The Morgan fingerprint density at radius 3 is 2.18 bits per heavy atom. The molecule has 0 bridgehead atoms. The molecule has 3 nitrogen and oxygen atoms in total. The summed E-state index contributed by atoms with van der Waals surface area (Å²) in [4.78, 5) is 17.7. The molecule has 0 aromatic heterocycles. The van der Waals surface area contributed by atoms with Crippen molar-refractivity contribution in [2.24, 2.45) is 0 Å². The first-order valence-corrected chi connectivity index (χ1v) is 5.91. The number of rotatable bonds is 2. The Morgan fingerprint density at radius 1 is 1.18 bits per heavy atom. The topological polar surface area (TPSA) is 57.5 Å². The van der Waals surface area contributed by atoms with Gasteiger partial charge in [0, 0.05) is 4.90 Å². The van der Waals surface area contributed by atoms with Crippen LogP contribution in [0.5, 0.6) is 0 Å². The summed E-state index contributed by atoms with van der Waals surface area (Å²) < 4.78 is 10.5. The number of benzene rings is 1. The van der Waals surface area contributed by atoms with E-state index in [-0.39, 0.29) is 0 Å². The largest absolute Gasteiger partial charge is 0.388 e. The van der Waals surface area contributed by atoms with Gasteiger partial charge >= 0.3 is 6.80 Å². The molecule has 0 aliphatic carbocycles. The first-order chi connectivity index (χ1) is 5.08. The van der Waals surface area contributed by atoms with Crippen molar-refractivity contribution in [2.45, 2.75) is 4.90 Å². The van der Waals surface area contributed by atoms with Crippen LogP contribution in [-0.2, 0) is 4.57 Å². The van der Waals surface area contributed by atoms with Crippen molar-refractivity contribution in [3.8, 4) is 0 Å². The smallest absolute Gasteiger partial charge is 0.316 e. The van der Waals surface area contributed by atoms with Crippen LogP contribution in [0.3, 0.4) is 0 Å². The van der Waals surface area contributed by atoms with Gasteiger partial charge in [-0.3, -0.25) is 0 Å². The van der Waals surface area contributed by atoms with E-state index in [1.165, 1.54) is 0 Å². The van der Waals surface area contributed by atoms with Gasteiger partial charge in [0.2, 0.25) is 0 Å². The molecule has 0 atom stereocenters. The molecule has 0 saturated heterocycles. The highest BCUT2D eigenvalue weighted by atomic mass is 32.7. The molecule has 0 aliphatic rings. The van der Waals surface area contributed by atoms with Gasteiger partial charge in [0.15, 0.2) is 0 Å². The van der Waals surface area contributed by atoms with Gasteiger partial charge in [0.1, 0.15) is 0 Å². The predicted molar refractivity (Wildman–Crippen MR) is 44.3 cm³/mol. The Kier molecular flexibility index (Phi) is 2.73. The molecule has 0 unspecified atom stereocenters. The van der Waals surface area contributed by atoms with E-state index < -0.39 is 6.80 Å². The Balaban J connectivity index is 2.74. The van der Waals surface area contributed by atoms with E-state index in [1.54, 1.807) is 30.3 Å². The van der Waals surface area contributed by atoms with E-state index in [2.05, 4.69) is 0 Å². The first kappa shape index (κ1) is 8.81. The van der Waals surface area contributed by atoms with E-state index in [1.807, 2.05) is 0 Å². The zero-order chi connectivity index (χ0) is 8.32. The molecular formula is C6H7O3PS. The van der Waals surface area contributed by atoms with E-state index in [0.29, 0.717) is 16.3 Å². The summed E-state index contributed by atoms with van der Waals surface area (Å²) in [5, 5.41) is 0. The van der Waals surface area contributed by atoms with Crippen LogP contribution in [0, 0.1) is 0 Å². The Labute approximate surface area is 68.4 Å². The molecule has 1 rings (SSSR count). The second-order valence-electron chi connectivity index (χ2n) is 1.89. The number of hydrogen-bond donors (Lipinski definition) is 2. The summed E-state index contributed by atoms with van der Waals surface area (Å²) in [5.74, 6) is 0. The molecule has 60 valence electrons. The Bertz CT molecular complexity index is 268. The van der Waals surface area contributed by atoms with E-state index in [4.69, 9.17) is 9.79 Å². The molecule has 0 radical (unpaired) electrons. The summed E-state index contributed by atoms with van der Waals surface area (Å²) in [6.45, 7) is -3.97. The SMILES string of the molecule is O=P(O)(O)Sc1ccccc1. The maximum atomic E-state index is 10.5. The van der Waals surface area contributed by atoms with E-state index >= 15 is 0 Å².